The van der Waals surface area contributed by atoms with Crippen molar-refractivity contribution in [2.24, 2.45) is 0 Å². The molecule has 0 saturated carbocycles. The summed E-state index contributed by atoms with van der Waals surface area (Å²) in [7, 11) is -0.673. The summed E-state index contributed by atoms with van der Waals surface area (Å²) in [6, 6.07) is 4.59. The van der Waals surface area contributed by atoms with Gasteiger partial charge in [-0.25, -0.2) is 0 Å². The summed E-state index contributed by atoms with van der Waals surface area (Å²) in [6.07, 6.45) is 8.16. The van der Waals surface area contributed by atoms with Crippen LogP contribution in [0.25, 0.3) is 0 Å². The molecule has 2 unspecified atom stereocenters. The fourth-order valence-electron chi connectivity index (χ4n) is 2.36. The monoisotopic (exact) mass is 252 g/mol. The first-order valence-electron chi connectivity index (χ1n) is 6.24. The van der Waals surface area contributed by atoms with Crippen LogP contribution in [0.1, 0.15) is 36.6 Å². The molecule has 1 aliphatic rings. The van der Waals surface area contributed by atoms with Crippen molar-refractivity contribution in [1.82, 2.24) is 10.3 Å². The number of hydrogen-bond donors (Lipinski definition) is 1. The van der Waals surface area contributed by atoms with Crippen molar-refractivity contribution >= 4 is 10.8 Å². The first-order chi connectivity index (χ1) is 8.27. The molecule has 0 radical (unpaired) electrons. The maximum absolute atomic E-state index is 11.0. The van der Waals surface area contributed by atoms with E-state index in [1.165, 1.54) is 24.1 Å². The minimum Gasteiger partial charge on any atom is -0.309 e. The fraction of sp³-hybridized carbons (Fsp3) is 0.615. The van der Waals surface area contributed by atoms with Crippen LogP contribution in [-0.4, -0.2) is 27.7 Å². The molecular weight excluding hydrogens is 232 g/mol. The first-order valence-corrected chi connectivity index (χ1v) is 7.97. The summed E-state index contributed by atoms with van der Waals surface area (Å²) in [5, 5.41) is 3.54. The van der Waals surface area contributed by atoms with E-state index in [0.29, 0.717) is 6.04 Å². The first kappa shape index (κ1) is 12.7. The molecule has 1 N–H and O–H groups in total. The number of aromatic nitrogens is 1. The van der Waals surface area contributed by atoms with Crippen LogP contribution in [0.4, 0.5) is 0 Å². The molecule has 1 heterocycles. The molecule has 0 aromatic carbocycles. The van der Waals surface area contributed by atoms with Crippen LogP contribution in [0.2, 0.25) is 0 Å². The van der Waals surface area contributed by atoms with Crippen molar-refractivity contribution in [2.45, 2.75) is 31.7 Å². The maximum atomic E-state index is 11.0. The number of fused-ring (bicyclic) bond motifs is 1. The molecule has 2 rings (SSSR count). The zero-order valence-corrected chi connectivity index (χ0v) is 11.1. The van der Waals surface area contributed by atoms with Crippen molar-refractivity contribution < 1.29 is 4.21 Å². The van der Waals surface area contributed by atoms with E-state index in [1.54, 1.807) is 6.26 Å². The Kier molecular flexibility index (Phi) is 4.68. The molecule has 2 atom stereocenters. The molecule has 0 bridgehead atoms. The molecule has 17 heavy (non-hydrogen) atoms. The van der Waals surface area contributed by atoms with Crippen LogP contribution >= 0.6 is 0 Å². The minimum atomic E-state index is -0.673. The molecule has 0 amide bonds. The standard InChI is InChI=1S/C13H20N2OS/c1-17(16)10-4-9-14-12-7-2-5-11-6-3-8-15-13(11)12/h3,6,8,12,14H,2,4-5,7,9-10H2,1H3. The van der Waals surface area contributed by atoms with E-state index in [2.05, 4.69) is 16.4 Å². The van der Waals surface area contributed by atoms with E-state index in [-0.39, 0.29) is 0 Å². The van der Waals surface area contributed by atoms with Gasteiger partial charge in [0.25, 0.3) is 0 Å². The number of aryl methyl sites for hydroxylation is 1. The van der Waals surface area contributed by atoms with Gasteiger partial charge in [-0.1, -0.05) is 6.07 Å². The van der Waals surface area contributed by atoms with E-state index >= 15 is 0 Å². The molecular formula is C13H20N2OS. The second-order valence-electron chi connectivity index (χ2n) is 4.58. The summed E-state index contributed by atoms with van der Waals surface area (Å²) in [4.78, 5) is 4.49. The fourth-order valence-corrected chi connectivity index (χ4v) is 2.91. The predicted molar refractivity (Wildman–Crippen MR) is 71.5 cm³/mol. The number of pyridine rings is 1. The van der Waals surface area contributed by atoms with Crippen molar-refractivity contribution in [1.29, 1.82) is 0 Å². The van der Waals surface area contributed by atoms with Gasteiger partial charge in [0.05, 0.1) is 5.69 Å². The smallest absolute Gasteiger partial charge is 0.0605 e. The van der Waals surface area contributed by atoms with Crippen molar-refractivity contribution in [3.05, 3.63) is 29.6 Å². The highest BCUT2D eigenvalue weighted by Crippen LogP contribution is 2.27. The number of nitrogens with one attached hydrogen (secondary N) is 1. The lowest BCUT2D eigenvalue weighted by atomic mass is 9.92. The normalized spacial score (nSPS) is 20.9. The van der Waals surface area contributed by atoms with E-state index in [0.717, 1.165) is 25.1 Å². The Labute approximate surface area is 105 Å². The zero-order valence-electron chi connectivity index (χ0n) is 10.3. The lowest BCUT2D eigenvalue weighted by Crippen LogP contribution is -2.27. The highest BCUT2D eigenvalue weighted by atomic mass is 32.2. The van der Waals surface area contributed by atoms with E-state index in [1.807, 2.05) is 12.3 Å². The third-order valence-corrected chi connectivity index (χ3v) is 4.06. The van der Waals surface area contributed by atoms with Crippen LogP contribution in [0, 0.1) is 0 Å². The Morgan fingerprint density at radius 3 is 3.29 bits per heavy atom. The lowest BCUT2D eigenvalue weighted by Gasteiger charge is -2.25. The Morgan fingerprint density at radius 2 is 2.47 bits per heavy atom. The Balaban J connectivity index is 1.88. The molecule has 1 aromatic heterocycles. The van der Waals surface area contributed by atoms with Gasteiger partial charge in [0.15, 0.2) is 0 Å². The van der Waals surface area contributed by atoms with Gasteiger partial charge >= 0.3 is 0 Å². The van der Waals surface area contributed by atoms with Crippen LogP contribution in [-0.2, 0) is 17.2 Å². The SMILES string of the molecule is CS(=O)CCCNC1CCCc2cccnc21. The third-order valence-electron chi connectivity index (χ3n) is 3.19. The summed E-state index contributed by atoms with van der Waals surface area (Å²) < 4.78 is 11.0. The maximum Gasteiger partial charge on any atom is 0.0605 e. The van der Waals surface area contributed by atoms with Crippen LogP contribution in [0.15, 0.2) is 18.3 Å². The summed E-state index contributed by atoms with van der Waals surface area (Å²) in [6.45, 7) is 0.931. The van der Waals surface area contributed by atoms with Gasteiger partial charge in [0, 0.05) is 35.0 Å². The molecule has 1 aromatic rings. The molecule has 3 nitrogen and oxygen atoms in total. The van der Waals surface area contributed by atoms with Gasteiger partial charge in [-0.3, -0.25) is 9.19 Å². The zero-order chi connectivity index (χ0) is 12.1. The van der Waals surface area contributed by atoms with Crippen molar-refractivity contribution in [2.75, 3.05) is 18.6 Å². The summed E-state index contributed by atoms with van der Waals surface area (Å²) in [5.41, 5.74) is 2.60. The van der Waals surface area contributed by atoms with Gasteiger partial charge in [-0.2, -0.15) is 0 Å². The van der Waals surface area contributed by atoms with Crippen LogP contribution in [0.5, 0.6) is 0 Å². The number of rotatable bonds is 5. The van der Waals surface area contributed by atoms with Gasteiger partial charge in [-0.15, -0.1) is 0 Å². The Morgan fingerprint density at radius 1 is 1.59 bits per heavy atom. The molecule has 94 valence electrons. The highest BCUT2D eigenvalue weighted by Gasteiger charge is 2.20. The van der Waals surface area contributed by atoms with Gasteiger partial charge < -0.3 is 5.32 Å². The third kappa shape index (κ3) is 3.61. The molecule has 0 saturated heterocycles. The molecule has 0 aliphatic heterocycles. The average Bonchev–Trinajstić information content (AvgIpc) is 2.34. The second-order valence-corrected chi connectivity index (χ2v) is 6.13. The van der Waals surface area contributed by atoms with Crippen molar-refractivity contribution in [3.8, 4) is 0 Å². The predicted octanol–water partition coefficient (Wildman–Crippen LogP) is 1.82. The van der Waals surface area contributed by atoms with Gasteiger partial charge in [0.2, 0.25) is 0 Å². The Hall–Kier alpha value is -0.740. The van der Waals surface area contributed by atoms with E-state index in [9.17, 15) is 4.21 Å². The van der Waals surface area contributed by atoms with Crippen LogP contribution < -0.4 is 5.32 Å². The van der Waals surface area contributed by atoms with Crippen LogP contribution in [0.3, 0.4) is 0 Å². The number of hydrogen-bond acceptors (Lipinski definition) is 3. The van der Waals surface area contributed by atoms with E-state index < -0.39 is 10.8 Å². The summed E-state index contributed by atoms with van der Waals surface area (Å²) >= 11 is 0. The summed E-state index contributed by atoms with van der Waals surface area (Å²) in [5.74, 6) is 0.787. The topological polar surface area (TPSA) is 42.0 Å². The minimum absolute atomic E-state index is 0.394. The average molecular weight is 252 g/mol. The largest absolute Gasteiger partial charge is 0.309 e. The lowest BCUT2D eigenvalue weighted by molar-refractivity contribution is 0.449. The molecule has 4 heteroatoms. The van der Waals surface area contributed by atoms with Crippen molar-refractivity contribution in [3.63, 3.8) is 0 Å². The molecule has 1 aliphatic carbocycles. The quantitative estimate of drug-likeness (QED) is 0.813. The molecule has 0 fully saturated rings. The highest BCUT2D eigenvalue weighted by molar-refractivity contribution is 7.84. The van der Waals surface area contributed by atoms with E-state index in [4.69, 9.17) is 0 Å². The second kappa shape index (κ2) is 6.26. The number of nitrogens with zero attached hydrogens (tertiary/aromatic N) is 1. The Bertz CT molecular complexity index is 395. The van der Waals surface area contributed by atoms with Gasteiger partial charge in [-0.05, 0) is 43.9 Å². The van der Waals surface area contributed by atoms with Gasteiger partial charge in [0.1, 0.15) is 0 Å². The molecule has 0 spiro atoms.